The molecule has 25 heavy (non-hydrogen) atoms. The van der Waals surface area contributed by atoms with Crippen molar-refractivity contribution in [1.82, 2.24) is 4.90 Å². The first-order valence-electron chi connectivity index (χ1n) is 8.54. The highest BCUT2D eigenvalue weighted by molar-refractivity contribution is 5.94. The van der Waals surface area contributed by atoms with Crippen molar-refractivity contribution in [2.75, 3.05) is 57.2 Å². The molecule has 0 atom stereocenters. The molecule has 0 unspecified atom stereocenters. The lowest BCUT2D eigenvalue weighted by molar-refractivity contribution is 0.0747. The third-order valence-corrected chi connectivity index (χ3v) is 4.62. The zero-order chi connectivity index (χ0) is 17.8. The number of nitrogens with zero attached hydrogens (tertiary/aromatic N) is 3. The van der Waals surface area contributed by atoms with Crippen LogP contribution >= 0.6 is 0 Å². The van der Waals surface area contributed by atoms with E-state index in [0.29, 0.717) is 0 Å². The summed E-state index contributed by atoms with van der Waals surface area (Å²) in [7, 11) is 5.67. The molecule has 0 N–H and O–H groups in total. The van der Waals surface area contributed by atoms with Crippen molar-refractivity contribution < 1.29 is 9.53 Å². The Hall–Kier alpha value is -2.69. The fourth-order valence-corrected chi connectivity index (χ4v) is 3.06. The van der Waals surface area contributed by atoms with Crippen LogP contribution in [0.15, 0.2) is 48.5 Å². The summed E-state index contributed by atoms with van der Waals surface area (Å²) in [5.74, 6) is 0.965. The minimum atomic E-state index is 0.107. The van der Waals surface area contributed by atoms with Crippen LogP contribution in [-0.4, -0.2) is 58.2 Å². The number of ether oxygens (including phenoxy) is 1. The Labute approximate surface area is 149 Å². The largest absolute Gasteiger partial charge is 0.497 e. The molecule has 0 saturated carbocycles. The minimum absolute atomic E-state index is 0.107. The number of methoxy groups -OCH3 is 1. The van der Waals surface area contributed by atoms with Crippen LogP contribution in [0, 0.1) is 0 Å². The molecule has 1 amide bonds. The van der Waals surface area contributed by atoms with E-state index < -0.39 is 0 Å². The standard InChI is InChI=1S/C20H25N3O2/c1-21(2)17-9-7-16(8-10-17)20(24)23-13-11-22(12-14-23)18-5-4-6-19(15-18)25-3/h4-10,15H,11-14H2,1-3H3. The van der Waals surface area contributed by atoms with Crippen LogP contribution in [0.2, 0.25) is 0 Å². The van der Waals surface area contributed by atoms with Gasteiger partial charge in [0.15, 0.2) is 0 Å². The average Bonchev–Trinajstić information content (AvgIpc) is 2.67. The molecular weight excluding hydrogens is 314 g/mol. The van der Waals surface area contributed by atoms with Crippen molar-refractivity contribution in [3.05, 3.63) is 54.1 Å². The van der Waals surface area contributed by atoms with Gasteiger partial charge in [-0.05, 0) is 36.4 Å². The predicted molar refractivity (Wildman–Crippen MR) is 102 cm³/mol. The Morgan fingerprint density at radius 2 is 1.68 bits per heavy atom. The summed E-state index contributed by atoms with van der Waals surface area (Å²) in [6.45, 7) is 3.11. The summed E-state index contributed by atoms with van der Waals surface area (Å²) >= 11 is 0. The molecule has 5 nitrogen and oxygen atoms in total. The summed E-state index contributed by atoms with van der Waals surface area (Å²) in [4.78, 5) is 19.0. The molecule has 0 radical (unpaired) electrons. The Morgan fingerprint density at radius 3 is 2.28 bits per heavy atom. The lowest BCUT2D eigenvalue weighted by Crippen LogP contribution is -2.48. The summed E-state index contributed by atoms with van der Waals surface area (Å²) in [5.41, 5.74) is 2.99. The van der Waals surface area contributed by atoms with E-state index in [1.165, 1.54) is 0 Å². The Morgan fingerprint density at radius 1 is 1.00 bits per heavy atom. The molecule has 0 aliphatic carbocycles. The van der Waals surface area contributed by atoms with Crippen molar-refractivity contribution >= 4 is 17.3 Å². The number of hydrogen-bond donors (Lipinski definition) is 0. The smallest absolute Gasteiger partial charge is 0.253 e. The number of carbonyl (C=O) groups is 1. The molecular formula is C20H25N3O2. The summed E-state index contributed by atoms with van der Waals surface area (Å²) in [5, 5.41) is 0. The highest BCUT2D eigenvalue weighted by Gasteiger charge is 2.22. The van der Waals surface area contributed by atoms with Gasteiger partial charge < -0.3 is 19.4 Å². The maximum atomic E-state index is 12.7. The van der Waals surface area contributed by atoms with Crippen LogP contribution in [0.25, 0.3) is 0 Å². The number of rotatable bonds is 4. The van der Waals surface area contributed by atoms with Crippen molar-refractivity contribution in [2.24, 2.45) is 0 Å². The first kappa shape index (κ1) is 17.1. The number of carbonyl (C=O) groups excluding carboxylic acids is 1. The van der Waals surface area contributed by atoms with Crippen molar-refractivity contribution in [3.63, 3.8) is 0 Å². The third-order valence-electron chi connectivity index (χ3n) is 4.62. The molecule has 2 aromatic carbocycles. The minimum Gasteiger partial charge on any atom is -0.497 e. The van der Waals surface area contributed by atoms with Gasteiger partial charge in [-0.2, -0.15) is 0 Å². The molecule has 0 bridgehead atoms. The van der Waals surface area contributed by atoms with Gasteiger partial charge in [-0.25, -0.2) is 0 Å². The second-order valence-corrected chi connectivity index (χ2v) is 6.42. The van der Waals surface area contributed by atoms with Gasteiger partial charge in [0.1, 0.15) is 5.75 Å². The van der Waals surface area contributed by atoms with Crippen LogP contribution in [0.5, 0.6) is 5.75 Å². The van der Waals surface area contributed by atoms with Crippen molar-refractivity contribution in [3.8, 4) is 5.75 Å². The van der Waals surface area contributed by atoms with Gasteiger partial charge in [0.2, 0.25) is 0 Å². The Balaban J connectivity index is 1.62. The number of piperazine rings is 1. The van der Waals surface area contributed by atoms with E-state index in [2.05, 4.69) is 11.0 Å². The molecule has 132 valence electrons. The van der Waals surface area contributed by atoms with Gasteiger partial charge >= 0.3 is 0 Å². The maximum Gasteiger partial charge on any atom is 0.253 e. The van der Waals surface area contributed by atoms with Gasteiger partial charge in [0, 0.05) is 63.3 Å². The Bertz CT molecular complexity index is 720. The number of hydrogen-bond acceptors (Lipinski definition) is 4. The van der Waals surface area contributed by atoms with Crippen LogP contribution < -0.4 is 14.5 Å². The van der Waals surface area contributed by atoms with Crippen LogP contribution in [0.3, 0.4) is 0 Å². The molecule has 1 heterocycles. The normalized spacial score (nSPS) is 14.4. The van der Waals surface area contributed by atoms with Crippen molar-refractivity contribution in [2.45, 2.75) is 0 Å². The molecule has 0 spiro atoms. The zero-order valence-electron chi connectivity index (χ0n) is 15.1. The molecule has 3 rings (SSSR count). The van der Waals surface area contributed by atoms with E-state index in [1.807, 2.05) is 66.4 Å². The van der Waals surface area contributed by atoms with Gasteiger partial charge in [0.05, 0.1) is 7.11 Å². The first-order chi connectivity index (χ1) is 12.1. The molecule has 1 fully saturated rings. The summed E-state index contributed by atoms with van der Waals surface area (Å²) < 4.78 is 5.29. The fraction of sp³-hybridized carbons (Fsp3) is 0.350. The third kappa shape index (κ3) is 3.87. The Kier molecular flexibility index (Phi) is 5.12. The van der Waals surface area contributed by atoms with E-state index >= 15 is 0 Å². The highest BCUT2D eigenvalue weighted by atomic mass is 16.5. The number of benzene rings is 2. The van der Waals surface area contributed by atoms with Gasteiger partial charge in [-0.15, -0.1) is 0 Å². The molecule has 0 aromatic heterocycles. The molecule has 2 aromatic rings. The highest BCUT2D eigenvalue weighted by Crippen LogP contribution is 2.22. The predicted octanol–water partition coefficient (Wildman–Crippen LogP) is 2.72. The first-order valence-corrected chi connectivity index (χ1v) is 8.54. The van der Waals surface area contributed by atoms with Crippen LogP contribution in [-0.2, 0) is 0 Å². The molecule has 1 aliphatic rings. The topological polar surface area (TPSA) is 36.0 Å². The molecule has 1 saturated heterocycles. The SMILES string of the molecule is COc1cccc(N2CCN(C(=O)c3ccc(N(C)C)cc3)CC2)c1. The van der Waals surface area contributed by atoms with Crippen LogP contribution in [0.4, 0.5) is 11.4 Å². The van der Waals surface area contributed by atoms with E-state index in [1.54, 1.807) is 7.11 Å². The van der Waals surface area contributed by atoms with Crippen molar-refractivity contribution in [1.29, 1.82) is 0 Å². The quantitative estimate of drug-likeness (QED) is 0.858. The lowest BCUT2D eigenvalue weighted by atomic mass is 10.1. The second-order valence-electron chi connectivity index (χ2n) is 6.42. The summed E-state index contributed by atoms with van der Waals surface area (Å²) in [6.07, 6.45) is 0. The van der Waals surface area contributed by atoms with Gasteiger partial charge in [-0.3, -0.25) is 4.79 Å². The average molecular weight is 339 g/mol. The van der Waals surface area contributed by atoms with E-state index in [4.69, 9.17) is 4.74 Å². The monoisotopic (exact) mass is 339 g/mol. The second kappa shape index (κ2) is 7.47. The number of anilines is 2. The summed E-state index contributed by atoms with van der Waals surface area (Å²) in [6, 6.07) is 15.9. The number of amides is 1. The van der Waals surface area contributed by atoms with E-state index in [9.17, 15) is 4.79 Å². The lowest BCUT2D eigenvalue weighted by Gasteiger charge is -2.36. The maximum absolute atomic E-state index is 12.7. The zero-order valence-corrected chi connectivity index (χ0v) is 15.1. The van der Waals surface area contributed by atoms with Crippen LogP contribution in [0.1, 0.15) is 10.4 Å². The molecule has 5 heteroatoms. The van der Waals surface area contributed by atoms with E-state index in [-0.39, 0.29) is 5.91 Å². The molecule has 1 aliphatic heterocycles. The van der Waals surface area contributed by atoms with E-state index in [0.717, 1.165) is 48.9 Å². The van der Waals surface area contributed by atoms with Gasteiger partial charge in [0.25, 0.3) is 5.91 Å². The van der Waals surface area contributed by atoms with Gasteiger partial charge in [-0.1, -0.05) is 6.07 Å². The fourth-order valence-electron chi connectivity index (χ4n) is 3.06.